The molecule has 1 aromatic rings. The quantitative estimate of drug-likeness (QED) is 0.401. The molecule has 1 atom stereocenters. The Hall–Kier alpha value is -1.79. The minimum atomic E-state index is 0.163. The average molecular weight is 361 g/mol. The fraction of sp³-hybridized carbons (Fsp3) is 0.650. The lowest BCUT2D eigenvalue weighted by Gasteiger charge is -2.21. The zero-order valence-corrected chi connectivity index (χ0v) is 15.9. The number of nitrogens with zero attached hydrogens (tertiary/aromatic N) is 1. The molecular weight excluding hydrogens is 330 g/mol. The van der Waals surface area contributed by atoms with Crippen molar-refractivity contribution in [2.45, 2.75) is 37.2 Å². The Morgan fingerprint density at radius 3 is 2.85 bits per heavy atom. The summed E-state index contributed by atoms with van der Waals surface area (Å²) in [7, 11) is 3.55. The van der Waals surface area contributed by atoms with E-state index >= 15 is 0 Å². The van der Waals surface area contributed by atoms with Gasteiger partial charge in [-0.05, 0) is 31.7 Å². The van der Waals surface area contributed by atoms with Gasteiger partial charge in [0.25, 0.3) is 0 Å². The summed E-state index contributed by atoms with van der Waals surface area (Å²) in [5.74, 6) is 1.82. The summed E-state index contributed by atoms with van der Waals surface area (Å²) in [4.78, 5) is 4.33. The van der Waals surface area contributed by atoms with Gasteiger partial charge in [0, 0.05) is 44.3 Å². The Morgan fingerprint density at radius 1 is 1.31 bits per heavy atom. The van der Waals surface area contributed by atoms with Crippen molar-refractivity contribution in [1.82, 2.24) is 10.6 Å². The second-order valence-corrected chi connectivity index (χ2v) is 7.04. The molecule has 1 aliphatic heterocycles. The fourth-order valence-electron chi connectivity index (χ4n) is 3.42. The van der Waals surface area contributed by atoms with Crippen LogP contribution in [0.2, 0.25) is 0 Å². The third kappa shape index (κ3) is 4.89. The van der Waals surface area contributed by atoms with Gasteiger partial charge in [-0.2, -0.15) is 0 Å². The summed E-state index contributed by atoms with van der Waals surface area (Å²) in [5, 5.41) is 6.85. The summed E-state index contributed by atoms with van der Waals surface area (Å²) in [5.41, 5.74) is 1.45. The molecule has 1 unspecified atom stereocenters. The molecule has 3 rings (SSSR count). The van der Waals surface area contributed by atoms with Crippen molar-refractivity contribution in [2.24, 2.45) is 4.99 Å². The van der Waals surface area contributed by atoms with Crippen LogP contribution in [0.4, 0.5) is 0 Å². The standard InChI is InChI=1S/C20H31N3O3/c1-21-19(22-11-5-12-26-16-8-13-25-14-16)23-15-20(9-10-20)17-6-3-4-7-18(17)24-2/h3-4,6-7,16H,5,8-15H2,1-2H3,(H2,21,22,23). The lowest BCUT2D eigenvalue weighted by molar-refractivity contribution is 0.0420. The highest BCUT2D eigenvalue weighted by molar-refractivity contribution is 5.79. The SMILES string of the molecule is CN=C(NCCCOC1CCOC1)NCC1(c2ccccc2OC)CC1. The number of benzene rings is 1. The minimum Gasteiger partial charge on any atom is -0.496 e. The molecule has 2 N–H and O–H groups in total. The van der Waals surface area contributed by atoms with E-state index in [0.717, 1.165) is 57.5 Å². The number of nitrogens with one attached hydrogen (secondary N) is 2. The first kappa shape index (κ1) is 19.0. The van der Waals surface area contributed by atoms with Gasteiger partial charge in [0.15, 0.2) is 5.96 Å². The maximum atomic E-state index is 5.79. The zero-order valence-electron chi connectivity index (χ0n) is 15.9. The average Bonchev–Trinajstić information content (AvgIpc) is 3.29. The smallest absolute Gasteiger partial charge is 0.191 e. The Balaban J connectivity index is 1.39. The van der Waals surface area contributed by atoms with E-state index in [9.17, 15) is 0 Å². The summed E-state index contributed by atoms with van der Waals surface area (Å²) >= 11 is 0. The molecule has 0 radical (unpaired) electrons. The third-order valence-electron chi connectivity index (χ3n) is 5.20. The topological polar surface area (TPSA) is 64.1 Å². The van der Waals surface area contributed by atoms with Crippen LogP contribution in [0, 0.1) is 0 Å². The molecule has 6 nitrogen and oxygen atoms in total. The third-order valence-corrected chi connectivity index (χ3v) is 5.20. The maximum absolute atomic E-state index is 5.79. The van der Waals surface area contributed by atoms with Crippen molar-refractivity contribution in [1.29, 1.82) is 0 Å². The van der Waals surface area contributed by atoms with Gasteiger partial charge in [0.1, 0.15) is 5.75 Å². The Bertz CT molecular complexity index is 596. The second kappa shape index (κ2) is 9.24. The Kier molecular flexibility index (Phi) is 6.74. The van der Waals surface area contributed by atoms with Crippen LogP contribution in [0.25, 0.3) is 0 Å². The van der Waals surface area contributed by atoms with Gasteiger partial charge >= 0.3 is 0 Å². The minimum absolute atomic E-state index is 0.163. The molecule has 0 bridgehead atoms. The van der Waals surface area contributed by atoms with E-state index in [2.05, 4.69) is 27.8 Å². The number of hydrogen-bond donors (Lipinski definition) is 2. The summed E-state index contributed by atoms with van der Waals surface area (Å²) in [6.45, 7) is 4.02. The van der Waals surface area contributed by atoms with Gasteiger partial charge in [-0.1, -0.05) is 18.2 Å². The van der Waals surface area contributed by atoms with Crippen molar-refractivity contribution in [2.75, 3.05) is 47.1 Å². The molecule has 0 aromatic heterocycles. The van der Waals surface area contributed by atoms with Crippen molar-refractivity contribution in [3.05, 3.63) is 29.8 Å². The number of aliphatic imine (C=N–C) groups is 1. The highest BCUT2D eigenvalue weighted by Gasteiger charge is 2.46. The monoisotopic (exact) mass is 361 g/mol. The number of para-hydroxylation sites is 1. The number of rotatable bonds is 9. The van der Waals surface area contributed by atoms with E-state index < -0.39 is 0 Å². The predicted molar refractivity (Wildman–Crippen MR) is 103 cm³/mol. The van der Waals surface area contributed by atoms with Crippen LogP contribution in [0.5, 0.6) is 5.75 Å². The Labute approximate surface area is 156 Å². The maximum Gasteiger partial charge on any atom is 0.191 e. The first-order valence-corrected chi connectivity index (χ1v) is 9.55. The largest absolute Gasteiger partial charge is 0.496 e. The first-order valence-electron chi connectivity index (χ1n) is 9.55. The predicted octanol–water partition coefficient (Wildman–Crippen LogP) is 2.09. The fourth-order valence-corrected chi connectivity index (χ4v) is 3.42. The number of guanidine groups is 1. The first-order chi connectivity index (χ1) is 12.8. The van der Waals surface area contributed by atoms with Crippen LogP contribution in [0.3, 0.4) is 0 Å². The highest BCUT2D eigenvalue weighted by Crippen LogP contribution is 2.50. The summed E-state index contributed by atoms with van der Waals surface area (Å²) in [6.07, 6.45) is 4.60. The van der Waals surface area contributed by atoms with Crippen LogP contribution < -0.4 is 15.4 Å². The summed E-state index contributed by atoms with van der Waals surface area (Å²) in [6, 6.07) is 8.32. The molecule has 0 amide bonds. The van der Waals surface area contributed by atoms with Crippen molar-refractivity contribution in [3.8, 4) is 5.75 Å². The van der Waals surface area contributed by atoms with Crippen molar-refractivity contribution >= 4 is 5.96 Å². The molecule has 144 valence electrons. The molecule has 1 heterocycles. The van der Waals surface area contributed by atoms with Gasteiger partial charge in [0.2, 0.25) is 0 Å². The lowest BCUT2D eigenvalue weighted by atomic mass is 9.95. The number of hydrogen-bond acceptors (Lipinski definition) is 4. The van der Waals surface area contributed by atoms with E-state index in [0.29, 0.717) is 0 Å². The molecule has 6 heteroatoms. The van der Waals surface area contributed by atoms with Gasteiger partial charge in [-0.15, -0.1) is 0 Å². The molecule has 0 spiro atoms. The molecule has 2 fully saturated rings. The van der Waals surface area contributed by atoms with Crippen LogP contribution in [-0.2, 0) is 14.9 Å². The van der Waals surface area contributed by atoms with Crippen molar-refractivity contribution < 1.29 is 14.2 Å². The number of ether oxygens (including phenoxy) is 3. The van der Waals surface area contributed by atoms with Crippen molar-refractivity contribution in [3.63, 3.8) is 0 Å². The van der Waals surface area contributed by atoms with Crippen LogP contribution in [0.15, 0.2) is 29.3 Å². The van der Waals surface area contributed by atoms with Gasteiger partial charge in [0.05, 0.1) is 19.8 Å². The molecule has 1 saturated heterocycles. The van der Waals surface area contributed by atoms with Gasteiger partial charge < -0.3 is 24.8 Å². The van der Waals surface area contributed by atoms with E-state index in [1.165, 1.54) is 18.4 Å². The molecule has 1 saturated carbocycles. The van der Waals surface area contributed by atoms with E-state index in [1.807, 2.05) is 19.2 Å². The van der Waals surface area contributed by atoms with Gasteiger partial charge in [-0.3, -0.25) is 4.99 Å². The van der Waals surface area contributed by atoms with E-state index in [4.69, 9.17) is 14.2 Å². The molecule has 1 aliphatic carbocycles. The van der Waals surface area contributed by atoms with E-state index in [1.54, 1.807) is 7.11 Å². The Morgan fingerprint density at radius 2 is 2.15 bits per heavy atom. The van der Waals surface area contributed by atoms with Gasteiger partial charge in [-0.25, -0.2) is 0 Å². The lowest BCUT2D eigenvalue weighted by Crippen LogP contribution is -2.41. The van der Waals surface area contributed by atoms with Crippen LogP contribution in [0.1, 0.15) is 31.2 Å². The summed E-state index contributed by atoms with van der Waals surface area (Å²) < 4.78 is 16.6. The van der Waals surface area contributed by atoms with Crippen LogP contribution >= 0.6 is 0 Å². The van der Waals surface area contributed by atoms with E-state index in [-0.39, 0.29) is 11.5 Å². The molecule has 26 heavy (non-hydrogen) atoms. The normalized spacial score (nSPS) is 21.5. The molecule has 2 aliphatic rings. The second-order valence-electron chi connectivity index (χ2n) is 7.04. The zero-order chi connectivity index (χ0) is 18.2. The molecule has 1 aromatic carbocycles. The molecular formula is C20H31N3O3. The van der Waals surface area contributed by atoms with Crippen LogP contribution in [-0.4, -0.2) is 59.1 Å². The number of methoxy groups -OCH3 is 1. The highest BCUT2D eigenvalue weighted by atomic mass is 16.5.